The lowest BCUT2D eigenvalue weighted by Crippen LogP contribution is -2.09. The predicted molar refractivity (Wildman–Crippen MR) is 77.2 cm³/mol. The average Bonchev–Trinajstić information content (AvgIpc) is 2.37. The fraction of sp³-hybridized carbons (Fsp3) is 0.333. The van der Waals surface area contributed by atoms with Crippen LogP contribution in [-0.4, -0.2) is 19.5 Å². The Hall–Kier alpha value is -1.90. The monoisotopic (exact) mass is 244 g/mol. The quantitative estimate of drug-likeness (QED) is 0.352. The Kier molecular flexibility index (Phi) is 4.84. The lowest BCUT2D eigenvalue weighted by molar-refractivity contribution is -0.104. The molecule has 0 heterocycles. The third-order valence-electron chi connectivity index (χ3n) is 3.09. The first-order chi connectivity index (χ1) is 8.45. The van der Waals surface area contributed by atoms with Crippen molar-refractivity contribution in [3.63, 3.8) is 0 Å². The lowest BCUT2D eigenvalue weighted by atomic mass is 10.1. The number of aryl methyl sites for hydroxylation is 2. The van der Waals surface area contributed by atoms with E-state index in [0.717, 1.165) is 17.5 Å². The van der Waals surface area contributed by atoms with Gasteiger partial charge in [0.05, 0.1) is 11.9 Å². The number of rotatable bonds is 4. The molecule has 3 heteroatoms. The number of hydrazone groups is 1. The summed E-state index contributed by atoms with van der Waals surface area (Å²) in [5.41, 5.74) is 5.12. The predicted octanol–water partition coefficient (Wildman–Crippen LogP) is 3.26. The Morgan fingerprint density at radius 1 is 1.17 bits per heavy atom. The maximum atomic E-state index is 10.6. The molecule has 96 valence electrons. The zero-order valence-corrected chi connectivity index (χ0v) is 11.7. The van der Waals surface area contributed by atoms with Crippen molar-refractivity contribution >= 4 is 18.2 Å². The van der Waals surface area contributed by atoms with Crippen molar-refractivity contribution in [2.45, 2.75) is 27.7 Å². The molecule has 0 aromatic heterocycles. The van der Waals surface area contributed by atoms with Crippen LogP contribution in [0.15, 0.2) is 34.4 Å². The van der Waals surface area contributed by atoms with E-state index in [1.165, 1.54) is 11.1 Å². The van der Waals surface area contributed by atoms with Crippen LogP contribution >= 0.6 is 0 Å². The summed E-state index contributed by atoms with van der Waals surface area (Å²) in [6, 6.07) is 6.21. The lowest BCUT2D eigenvalue weighted by Gasteiger charge is -2.14. The molecular weight excluding hydrogens is 224 g/mol. The third-order valence-corrected chi connectivity index (χ3v) is 3.09. The molecular formula is C15H20N2O. The zero-order chi connectivity index (χ0) is 13.7. The number of benzene rings is 1. The van der Waals surface area contributed by atoms with Crippen LogP contribution in [0.3, 0.4) is 0 Å². The highest BCUT2D eigenvalue weighted by atomic mass is 16.1. The Morgan fingerprint density at radius 3 is 2.39 bits per heavy atom. The summed E-state index contributed by atoms with van der Waals surface area (Å²) in [4.78, 5) is 10.6. The van der Waals surface area contributed by atoms with Gasteiger partial charge in [0, 0.05) is 7.05 Å². The number of hydrogen-bond donors (Lipinski definition) is 0. The summed E-state index contributed by atoms with van der Waals surface area (Å²) in [7, 11) is 1.89. The van der Waals surface area contributed by atoms with E-state index >= 15 is 0 Å². The number of carbonyl (C=O) groups is 1. The number of aldehydes is 1. The highest BCUT2D eigenvalue weighted by molar-refractivity contribution is 5.88. The van der Waals surface area contributed by atoms with Crippen molar-refractivity contribution in [2.75, 3.05) is 12.1 Å². The van der Waals surface area contributed by atoms with Crippen molar-refractivity contribution in [3.8, 4) is 0 Å². The maximum Gasteiger partial charge on any atom is 0.146 e. The number of carbonyl (C=O) groups excluding carboxylic acids is 1. The number of hydrogen-bond acceptors (Lipinski definition) is 3. The first-order valence-corrected chi connectivity index (χ1v) is 5.93. The van der Waals surface area contributed by atoms with E-state index in [-0.39, 0.29) is 0 Å². The van der Waals surface area contributed by atoms with Crippen molar-refractivity contribution < 1.29 is 4.79 Å². The summed E-state index contributed by atoms with van der Waals surface area (Å²) in [6.07, 6.45) is 2.55. The van der Waals surface area contributed by atoms with Gasteiger partial charge in [0.25, 0.3) is 0 Å². The van der Waals surface area contributed by atoms with E-state index in [9.17, 15) is 4.79 Å². The second kappa shape index (κ2) is 6.15. The summed E-state index contributed by atoms with van der Waals surface area (Å²) in [6.45, 7) is 7.83. The molecule has 0 spiro atoms. The first-order valence-electron chi connectivity index (χ1n) is 5.93. The SMILES string of the molecule is C/C(C=O)=C(C)/C=N\N(C)c1ccc(C)c(C)c1. The molecule has 0 bridgehead atoms. The number of nitrogens with zero attached hydrogens (tertiary/aromatic N) is 2. The van der Waals surface area contributed by atoms with Crippen LogP contribution in [-0.2, 0) is 4.79 Å². The fourth-order valence-corrected chi connectivity index (χ4v) is 1.36. The van der Waals surface area contributed by atoms with Gasteiger partial charge in [0.15, 0.2) is 0 Å². The zero-order valence-electron chi connectivity index (χ0n) is 11.7. The van der Waals surface area contributed by atoms with Crippen molar-refractivity contribution in [3.05, 3.63) is 40.5 Å². The Balaban J connectivity index is 2.88. The second-order valence-electron chi connectivity index (χ2n) is 4.52. The van der Waals surface area contributed by atoms with Gasteiger partial charge < -0.3 is 0 Å². The van der Waals surface area contributed by atoms with Gasteiger partial charge in [-0.05, 0) is 62.1 Å². The summed E-state index contributed by atoms with van der Waals surface area (Å²) in [5, 5.41) is 6.13. The molecule has 1 aromatic carbocycles. The minimum atomic E-state index is 0.701. The average molecular weight is 244 g/mol. The molecule has 0 fully saturated rings. The molecule has 0 radical (unpaired) electrons. The van der Waals surface area contributed by atoms with Crippen LogP contribution in [0.25, 0.3) is 0 Å². The highest BCUT2D eigenvalue weighted by Crippen LogP contribution is 2.17. The number of allylic oxidation sites excluding steroid dienone is 2. The van der Waals surface area contributed by atoms with Crippen molar-refractivity contribution in [2.24, 2.45) is 5.10 Å². The summed E-state index contributed by atoms with van der Waals surface area (Å²) >= 11 is 0. The van der Waals surface area contributed by atoms with Gasteiger partial charge in [-0.25, -0.2) is 0 Å². The molecule has 0 aliphatic carbocycles. The van der Waals surface area contributed by atoms with E-state index in [0.29, 0.717) is 5.57 Å². The molecule has 0 aliphatic rings. The van der Waals surface area contributed by atoms with Crippen LogP contribution in [0, 0.1) is 13.8 Å². The van der Waals surface area contributed by atoms with Gasteiger partial charge in [-0.3, -0.25) is 9.80 Å². The summed E-state index contributed by atoms with van der Waals surface area (Å²) in [5.74, 6) is 0. The molecule has 3 nitrogen and oxygen atoms in total. The van der Waals surface area contributed by atoms with Crippen LogP contribution in [0.2, 0.25) is 0 Å². The van der Waals surface area contributed by atoms with E-state index in [4.69, 9.17) is 0 Å². The molecule has 0 aliphatic heterocycles. The molecule has 0 atom stereocenters. The van der Waals surface area contributed by atoms with Crippen LogP contribution < -0.4 is 5.01 Å². The fourth-order valence-electron chi connectivity index (χ4n) is 1.36. The molecule has 0 saturated heterocycles. The smallest absolute Gasteiger partial charge is 0.146 e. The van der Waals surface area contributed by atoms with E-state index < -0.39 is 0 Å². The van der Waals surface area contributed by atoms with E-state index in [1.54, 1.807) is 18.1 Å². The van der Waals surface area contributed by atoms with Crippen molar-refractivity contribution in [1.82, 2.24) is 0 Å². The largest absolute Gasteiger partial charge is 0.298 e. The first kappa shape index (κ1) is 14.2. The van der Waals surface area contributed by atoms with E-state index in [2.05, 4.69) is 31.1 Å². The van der Waals surface area contributed by atoms with Gasteiger partial charge in [-0.2, -0.15) is 5.10 Å². The topological polar surface area (TPSA) is 32.7 Å². The maximum absolute atomic E-state index is 10.6. The molecule has 18 heavy (non-hydrogen) atoms. The molecule has 0 amide bonds. The van der Waals surface area contributed by atoms with Crippen LogP contribution in [0.4, 0.5) is 5.69 Å². The van der Waals surface area contributed by atoms with Gasteiger partial charge in [0.2, 0.25) is 0 Å². The Bertz CT molecular complexity index is 501. The molecule has 1 aromatic rings. The normalized spacial score (nSPS) is 12.5. The number of anilines is 1. The molecule has 0 N–H and O–H groups in total. The summed E-state index contributed by atoms with van der Waals surface area (Å²) < 4.78 is 0. The molecule has 0 saturated carbocycles. The molecule has 1 rings (SSSR count). The van der Waals surface area contributed by atoms with Gasteiger partial charge >= 0.3 is 0 Å². The minimum absolute atomic E-state index is 0.701. The molecule has 0 unspecified atom stereocenters. The van der Waals surface area contributed by atoms with Crippen LogP contribution in [0.5, 0.6) is 0 Å². The van der Waals surface area contributed by atoms with Gasteiger partial charge in [-0.15, -0.1) is 0 Å². The van der Waals surface area contributed by atoms with E-state index in [1.807, 2.05) is 20.0 Å². The Labute approximate surface area is 109 Å². The van der Waals surface area contributed by atoms with Crippen molar-refractivity contribution in [1.29, 1.82) is 0 Å². The minimum Gasteiger partial charge on any atom is -0.298 e. The standard InChI is InChI=1S/C15H20N2O/c1-11-6-7-15(8-12(11)2)17(5)16-9-13(3)14(4)10-18/h6-10H,1-5H3/b14-13-,16-9-. The van der Waals surface area contributed by atoms with Gasteiger partial charge in [0.1, 0.15) is 6.29 Å². The third kappa shape index (κ3) is 3.55. The highest BCUT2D eigenvalue weighted by Gasteiger charge is 2.00. The Morgan fingerprint density at radius 2 is 1.83 bits per heavy atom. The van der Waals surface area contributed by atoms with Crippen LogP contribution in [0.1, 0.15) is 25.0 Å². The second-order valence-corrected chi connectivity index (χ2v) is 4.52. The van der Waals surface area contributed by atoms with Gasteiger partial charge in [-0.1, -0.05) is 6.07 Å².